The molecule has 0 atom stereocenters. The highest BCUT2D eigenvalue weighted by Gasteiger charge is 2.55. The summed E-state index contributed by atoms with van der Waals surface area (Å²) in [6.07, 6.45) is -0.100. The van der Waals surface area contributed by atoms with Crippen LogP contribution in [0.15, 0.2) is 29.4 Å². The van der Waals surface area contributed by atoms with Crippen LogP contribution in [-0.2, 0) is 4.79 Å². The molecule has 5 rings (SSSR count). The van der Waals surface area contributed by atoms with E-state index in [2.05, 4.69) is 5.10 Å². The number of carbonyl (C=O) groups is 2. The van der Waals surface area contributed by atoms with E-state index >= 15 is 0 Å². The van der Waals surface area contributed by atoms with Crippen LogP contribution in [-0.4, -0.2) is 23.6 Å². The number of halogens is 3. The highest BCUT2D eigenvalue weighted by Crippen LogP contribution is 2.60. The fraction of sp³-hybridized carbons (Fsp3) is 0.625. The van der Waals surface area contributed by atoms with Gasteiger partial charge in [-0.25, -0.2) is 5.43 Å². The van der Waals surface area contributed by atoms with Crippen molar-refractivity contribution in [2.45, 2.75) is 70.9 Å². The van der Waals surface area contributed by atoms with E-state index in [0.717, 1.165) is 24.8 Å². The zero-order valence-electron chi connectivity index (χ0n) is 18.0. The molecular formula is C24H29F3N2O2. The molecule has 1 N–H and O–H groups in total. The van der Waals surface area contributed by atoms with Crippen LogP contribution >= 0.6 is 0 Å². The molecule has 4 fully saturated rings. The van der Waals surface area contributed by atoms with Gasteiger partial charge in [-0.15, -0.1) is 0 Å². The maximum absolute atomic E-state index is 13.6. The van der Waals surface area contributed by atoms with E-state index in [-0.39, 0.29) is 17.3 Å². The van der Waals surface area contributed by atoms with Gasteiger partial charge in [0, 0.05) is 11.0 Å². The van der Waals surface area contributed by atoms with Gasteiger partial charge in [0.25, 0.3) is 5.91 Å². The predicted molar refractivity (Wildman–Crippen MR) is 112 cm³/mol. The summed E-state index contributed by atoms with van der Waals surface area (Å²) < 4.78 is 40.8. The zero-order chi connectivity index (χ0) is 22.4. The minimum Gasteiger partial charge on any atom is -0.299 e. The Balaban J connectivity index is 1.47. The van der Waals surface area contributed by atoms with E-state index in [1.54, 1.807) is 24.3 Å². The lowest BCUT2D eigenvalue weighted by atomic mass is 9.48. The number of amides is 1. The van der Waals surface area contributed by atoms with Gasteiger partial charge >= 0.3 is 6.18 Å². The van der Waals surface area contributed by atoms with Gasteiger partial charge in [0.15, 0.2) is 0 Å². The van der Waals surface area contributed by atoms with Crippen molar-refractivity contribution < 1.29 is 22.8 Å². The van der Waals surface area contributed by atoms with Gasteiger partial charge in [0.05, 0.1) is 6.42 Å². The molecule has 1 amide bonds. The molecule has 4 nitrogen and oxygen atoms in total. The Morgan fingerprint density at radius 3 is 2.00 bits per heavy atom. The van der Waals surface area contributed by atoms with Gasteiger partial charge in [-0.3, -0.25) is 9.59 Å². The van der Waals surface area contributed by atoms with Crippen molar-refractivity contribution in [2.75, 3.05) is 0 Å². The number of nitrogens with one attached hydrogen (secondary N) is 1. The Morgan fingerprint density at radius 2 is 1.55 bits per heavy atom. The first kappa shape index (κ1) is 22.0. The quantitative estimate of drug-likeness (QED) is 0.466. The van der Waals surface area contributed by atoms with Crippen molar-refractivity contribution in [1.82, 2.24) is 5.43 Å². The molecule has 168 valence electrons. The number of nitrogens with zero attached hydrogens (tertiary/aromatic N) is 1. The fourth-order valence-electron chi connectivity index (χ4n) is 6.20. The average Bonchev–Trinajstić information content (AvgIpc) is 2.68. The van der Waals surface area contributed by atoms with E-state index < -0.39 is 29.6 Å². The molecular weight excluding hydrogens is 405 g/mol. The SMILES string of the molecule is CC(C)c1ccc(C(=O)N/N=C(\CC(=O)C23CC4CC(CC(C4)C2)C3)C(F)(F)F)cc1. The monoisotopic (exact) mass is 434 g/mol. The van der Waals surface area contributed by atoms with E-state index in [4.69, 9.17) is 0 Å². The molecule has 0 spiro atoms. The molecule has 0 aromatic heterocycles. The van der Waals surface area contributed by atoms with Crippen molar-refractivity contribution in [3.63, 3.8) is 0 Å². The number of alkyl halides is 3. The number of hydrazone groups is 1. The molecule has 0 heterocycles. The summed E-state index contributed by atoms with van der Waals surface area (Å²) in [7, 11) is 0. The van der Waals surface area contributed by atoms with E-state index in [0.29, 0.717) is 37.0 Å². The van der Waals surface area contributed by atoms with Crippen LogP contribution < -0.4 is 5.43 Å². The maximum atomic E-state index is 13.6. The third kappa shape index (κ3) is 4.55. The lowest BCUT2D eigenvalue weighted by Crippen LogP contribution is -2.50. The highest BCUT2D eigenvalue weighted by molar-refractivity contribution is 6.07. The number of ketones is 1. The largest absolute Gasteiger partial charge is 0.431 e. The number of hydrogen-bond donors (Lipinski definition) is 1. The van der Waals surface area contributed by atoms with Crippen molar-refractivity contribution >= 4 is 17.4 Å². The molecule has 31 heavy (non-hydrogen) atoms. The summed E-state index contributed by atoms with van der Waals surface area (Å²) in [6, 6.07) is 6.66. The second-order valence-electron chi connectivity index (χ2n) is 10.1. The van der Waals surface area contributed by atoms with Gasteiger partial charge in [-0.1, -0.05) is 26.0 Å². The molecule has 1 aromatic carbocycles. The van der Waals surface area contributed by atoms with Gasteiger partial charge in [0.1, 0.15) is 11.5 Å². The number of rotatable bonds is 6. The zero-order valence-corrected chi connectivity index (χ0v) is 18.0. The third-order valence-corrected chi connectivity index (χ3v) is 7.42. The molecule has 0 unspecified atom stereocenters. The molecule has 0 aliphatic heterocycles. The summed E-state index contributed by atoms with van der Waals surface area (Å²) >= 11 is 0. The normalized spacial score (nSPS) is 30.0. The van der Waals surface area contributed by atoms with Crippen LogP contribution in [0, 0.1) is 23.2 Å². The maximum Gasteiger partial charge on any atom is 0.431 e. The molecule has 0 radical (unpaired) electrons. The molecule has 4 saturated carbocycles. The highest BCUT2D eigenvalue weighted by atomic mass is 19.4. The van der Waals surface area contributed by atoms with Gasteiger partial charge in [-0.05, 0) is 79.9 Å². The summed E-state index contributed by atoms with van der Waals surface area (Å²) in [5.74, 6) is 0.597. The molecule has 4 bridgehead atoms. The first-order chi connectivity index (χ1) is 14.6. The molecule has 4 aliphatic rings. The van der Waals surface area contributed by atoms with Crippen LogP contribution in [0.2, 0.25) is 0 Å². The van der Waals surface area contributed by atoms with Crippen molar-refractivity contribution in [3.8, 4) is 0 Å². The Kier molecular flexibility index (Phi) is 5.73. The average molecular weight is 435 g/mol. The van der Waals surface area contributed by atoms with Gasteiger partial charge in [-0.2, -0.15) is 18.3 Å². The van der Waals surface area contributed by atoms with Crippen LogP contribution in [0.1, 0.15) is 80.6 Å². The lowest BCUT2D eigenvalue weighted by Gasteiger charge is -2.56. The second-order valence-corrected chi connectivity index (χ2v) is 10.1. The standard InChI is InChI=1S/C24H29F3N2O2/c1-14(2)18-3-5-19(6-4-18)22(31)29-28-20(24(25,26)27)10-21(30)23-11-15-7-16(12-23)9-17(8-15)13-23/h3-6,14-17H,7-13H2,1-2H3,(H,29,31)/b28-20+. The van der Waals surface area contributed by atoms with Crippen LogP contribution in [0.3, 0.4) is 0 Å². The molecule has 7 heteroatoms. The van der Waals surface area contributed by atoms with E-state index in [9.17, 15) is 22.8 Å². The third-order valence-electron chi connectivity index (χ3n) is 7.42. The number of carbonyl (C=O) groups excluding carboxylic acids is 2. The second kappa shape index (κ2) is 8.06. The summed E-state index contributed by atoms with van der Waals surface area (Å²) in [4.78, 5) is 25.4. The van der Waals surface area contributed by atoms with Crippen molar-refractivity contribution in [3.05, 3.63) is 35.4 Å². The first-order valence-electron chi connectivity index (χ1n) is 11.1. The Hall–Kier alpha value is -2.18. The Labute approximate surface area is 180 Å². The van der Waals surface area contributed by atoms with Crippen LogP contribution in [0.5, 0.6) is 0 Å². The van der Waals surface area contributed by atoms with Gasteiger partial charge < -0.3 is 0 Å². The smallest absolute Gasteiger partial charge is 0.299 e. The molecule has 1 aromatic rings. The summed E-state index contributed by atoms with van der Waals surface area (Å²) in [5, 5.41) is 3.37. The van der Waals surface area contributed by atoms with E-state index in [1.165, 1.54) is 0 Å². The van der Waals surface area contributed by atoms with E-state index in [1.807, 2.05) is 19.3 Å². The number of hydrogen-bond acceptors (Lipinski definition) is 3. The van der Waals surface area contributed by atoms with Crippen molar-refractivity contribution in [1.29, 1.82) is 0 Å². The minimum absolute atomic E-state index is 0.224. The Morgan fingerprint density at radius 1 is 1.03 bits per heavy atom. The fourth-order valence-corrected chi connectivity index (χ4v) is 6.20. The molecule has 0 saturated heterocycles. The van der Waals surface area contributed by atoms with Crippen molar-refractivity contribution in [2.24, 2.45) is 28.3 Å². The predicted octanol–water partition coefficient (Wildman–Crippen LogP) is 5.63. The Bertz CT molecular complexity index is 852. The first-order valence-corrected chi connectivity index (χ1v) is 11.1. The van der Waals surface area contributed by atoms with Crippen LogP contribution in [0.4, 0.5) is 13.2 Å². The molecule has 4 aliphatic carbocycles. The summed E-state index contributed by atoms with van der Waals surface area (Å²) in [6.45, 7) is 4.02. The number of Topliss-reactive ketones (excluding diaryl/α,β-unsaturated/α-hetero) is 1. The summed E-state index contributed by atoms with van der Waals surface area (Å²) in [5.41, 5.74) is 1.41. The number of benzene rings is 1. The minimum atomic E-state index is -4.77. The van der Waals surface area contributed by atoms with Crippen LogP contribution in [0.25, 0.3) is 0 Å². The van der Waals surface area contributed by atoms with Gasteiger partial charge in [0.2, 0.25) is 0 Å². The lowest BCUT2D eigenvalue weighted by molar-refractivity contribution is -0.143. The topological polar surface area (TPSA) is 58.5 Å².